The highest BCUT2D eigenvalue weighted by molar-refractivity contribution is 6.12. The van der Waals surface area contributed by atoms with Crippen LogP contribution >= 0.6 is 0 Å². The van der Waals surface area contributed by atoms with Gasteiger partial charge in [-0.2, -0.15) is 0 Å². The molecule has 6 aliphatic rings. The Balaban J connectivity index is 0.00000174. The van der Waals surface area contributed by atoms with E-state index >= 15 is 14.4 Å². The van der Waals surface area contributed by atoms with E-state index in [0.29, 0.717) is 25.7 Å². The van der Waals surface area contributed by atoms with E-state index in [0.717, 1.165) is 203 Å². The van der Waals surface area contributed by atoms with Crippen LogP contribution in [0.2, 0.25) is 0 Å². The predicted octanol–water partition coefficient (Wildman–Crippen LogP) is 14.5. The van der Waals surface area contributed by atoms with Gasteiger partial charge in [0.05, 0.1) is 23.5 Å². The molecule has 75 heavy (non-hydrogen) atoms. The smallest absolute Gasteiger partial charge is 0.325 e. The fraction of sp³-hybridized carbons (Fsp3) is 0.750. The van der Waals surface area contributed by atoms with Crippen molar-refractivity contribution in [1.82, 2.24) is 20.0 Å². The fourth-order valence-electron chi connectivity index (χ4n) is 11.5. The monoisotopic (exact) mass is 1040 g/mol. The zero-order valence-electron chi connectivity index (χ0n) is 47.1. The lowest BCUT2D eigenvalue weighted by Crippen LogP contribution is -2.53. The molecule has 6 fully saturated rings. The topological polar surface area (TPSA) is 182 Å². The number of amidine groups is 2. The largest absolute Gasteiger partial charge is 0.335 e. The van der Waals surface area contributed by atoms with Gasteiger partial charge in [0.2, 0.25) is 0 Å². The number of hydrogen-bond acceptors (Lipinski definition) is 11. The summed E-state index contributed by atoms with van der Waals surface area (Å²) in [7, 11) is 0. The van der Waals surface area contributed by atoms with E-state index in [1.807, 2.05) is 34.6 Å². The number of rotatable bonds is 14. The molecule has 0 aliphatic heterocycles. The van der Waals surface area contributed by atoms with E-state index in [1.54, 1.807) is 34.9 Å². The number of carbonyl (C=O) groups excluding carboxylic acids is 4. The van der Waals surface area contributed by atoms with Gasteiger partial charge in [0.1, 0.15) is 0 Å². The minimum absolute atomic E-state index is 0.0138. The number of benzene rings is 1. The summed E-state index contributed by atoms with van der Waals surface area (Å²) in [5.74, 6) is -1.33. The highest BCUT2D eigenvalue weighted by Gasteiger charge is 2.39. The van der Waals surface area contributed by atoms with E-state index in [1.165, 1.54) is 4.90 Å². The van der Waals surface area contributed by atoms with Gasteiger partial charge in [-0.05, 0) is 135 Å². The van der Waals surface area contributed by atoms with Crippen molar-refractivity contribution in [3.05, 3.63) is 34.9 Å². The number of nitrogens with zero attached hydrogens (tertiary/aromatic N) is 7. The van der Waals surface area contributed by atoms with Gasteiger partial charge in [-0.3, -0.25) is 29.1 Å². The molecule has 5 amide bonds. The second-order valence-corrected chi connectivity index (χ2v) is 22.6. The Bertz CT molecular complexity index is 2030. The standard InChI is InChI=1S/C56H86N8O6.C4H9N/c1-5-40(3)60-69-55(58-46-27-15-8-16-28-46)63(49-33-21-11-22-34-49)52(66)43-37-42(51(65)62(48-31-19-10-20-32-48)54(68)57-45-25-13-7-14-26-45)38-44(39-43)53(67)64(50-35-23-12-24-36-50)56(70-61-41(4)6-2)59-47-29-17-9-18-30-47;1-3-4(2)5/h37-39,45-50H,5-36H2,1-4H3,(H,57,68);5H,3H2,1-2H3/b58-55?,59-56?,60-40+,61-41+;. The number of nitrogens with one attached hydrogen (secondary N) is 2. The van der Waals surface area contributed by atoms with Gasteiger partial charge in [0, 0.05) is 46.6 Å². The Labute approximate surface area is 450 Å². The van der Waals surface area contributed by atoms with Gasteiger partial charge in [0.25, 0.3) is 17.7 Å². The maximum Gasteiger partial charge on any atom is 0.325 e. The summed E-state index contributed by atoms with van der Waals surface area (Å²) < 4.78 is 0. The molecule has 0 bridgehead atoms. The Kier molecular flexibility index (Phi) is 24.8. The molecule has 0 heterocycles. The number of amides is 5. The van der Waals surface area contributed by atoms with Crippen molar-refractivity contribution in [2.24, 2.45) is 20.3 Å². The van der Waals surface area contributed by atoms with Crippen molar-refractivity contribution in [3.8, 4) is 0 Å². The number of aliphatic imine (C=N–C) groups is 2. The third kappa shape index (κ3) is 18.1. The summed E-state index contributed by atoms with van der Waals surface area (Å²) in [6.07, 6.45) is 30.4. The van der Waals surface area contributed by atoms with Crippen LogP contribution in [0.15, 0.2) is 38.5 Å². The third-order valence-corrected chi connectivity index (χ3v) is 16.6. The summed E-state index contributed by atoms with van der Waals surface area (Å²) in [6.45, 7) is 11.6. The van der Waals surface area contributed by atoms with Crippen LogP contribution in [0, 0.1) is 5.41 Å². The molecule has 0 saturated heterocycles. The highest BCUT2D eigenvalue weighted by Crippen LogP contribution is 2.32. The number of urea groups is 1. The van der Waals surface area contributed by atoms with Crippen molar-refractivity contribution in [1.29, 1.82) is 5.41 Å². The Morgan fingerprint density at radius 3 is 1.08 bits per heavy atom. The summed E-state index contributed by atoms with van der Waals surface area (Å²) in [4.78, 5) is 89.6. The SMILES string of the molecule is CC/C(C)=N/OC(=NC1CCCCC1)N(C(=O)c1cc(C(=O)N(C(=O)NC2CCCCC2)C2CCCCC2)cc(C(=O)N(C(=NC2CCCCC2)O/N=C(\C)CC)C2CCCCC2)c1)C1CCCCC1.CCC(C)=N. The normalized spacial score (nSPS) is 20.8. The first-order valence-electron chi connectivity index (χ1n) is 30.0. The average molecular weight is 1040 g/mol. The van der Waals surface area contributed by atoms with Crippen LogP contribution in [0.5, 0.6) is 0 Å². The van der Waals surface area contributed by atoms with Crippen molar-refractivity contribution in [2.45, 2.75) is 290 Å². The van der Waals surface area contributed by atoms with Crippen LogP contribution in [0.25, 0.3) is 0 Å². The molecule has 2 N–H and O–H groups in total. The Morgan fingerprint density at radius 2 is 0.760 bits per heavy atom. The molecule has 0 aromatic heterocycles. The van der Waals surface area contributed by atoms with E-state index in [4.69, 9.17) is 25.1 Å². The van der Waals surface area contributed by atoms with Gasteiger partial charge in [-0.15, -0.1) is 0 Å². The molecular formula is C60H95N9O6. The quantitative estimate of drug-likeness (QED) is 0.106. The van der Waals surface area contributed by atoms with E-state index in [9.17, 15) is 4.79 Å². The minimum atomic E-state index is -0.511. The van der Waals surface area contributed by atoms with Crippen molar-refractivity contribution in [3.63, 3.8) is 0 Å². The first-order valence-corrected chi connectivity index (χ1v) is 30.0. The number of oxime groups is 2. The van der Waals surface area contributed by atoms with Gasteiger partial charge in [0.15, 0.2) is 0 Å². The van der Waals surface area contributed by atoms with Crippen molar-refractivity contribution < 1.29 is 28.9 Å². The molecule has 0 unspecified atom stereocenters. The van der Waals surface area contributed by atoms with E-state index in [2.05, 4.69) is 15.6 Å². The fourth-order valence-corrected chi connectivity index (χ4v) is 11.5. The number of carbonyl (C=O) groups is 4. The van der Waals surface area contributed by atoms with Crippen molar-refractivity contribution in [2.75, 3.05) is 0 Å². The summed E-state index contributed by atoms with van der Waals surface area (Å²) in [5, 5.41) is 19.0. The lowest BCUT2D eigenvalue weighted by molar-refractivity contribution is 0.0701. The van der Waals surface area contributed by atoms with Gasteiger partial charge < -0.3 is 20.4 Å². The zero-order chi connectivity index (χ0) is 53.5. The Morgan fingerprint density at radius 1 is 0.467 bits per heavy atom. The molecule has 6 aliphatic carbocycles. The minimum Gasteiger partial charge on any atom is -0.335 e. The number of hydrogen-bond donors (Lipinski definition) is 2. The second-order valence-electron chi connectivity index (χ2n) is 22.6. The van der Waals surface area contributed by atoms with Crippen LogP contribution in [-0.4, -0.2) is 104 Å². The first kappa shape index (κ1) is 59.3. The maximum absolute atomic E-state index is 15.9. The molecule has 6 saturated carbocycles. The van der Waals surface area contributed by atoms with Crippen LogP contribution in [0.4, 0.5) is 4.79 Å². The highest BCUT2D eigenvalue weighted by atomic mass is 16.7. The molecule has 15 nitrogen and oxygen atoms in total. The summed E-state index contributed by atoms with van der Waals surface area (Å²) >= 11 is 0. The Hall–Kier alpha value is -4.95. The molecule has 7 rings (SSSR count). The zero-order valence-corrected chi connectivity index (χ0v) is 47.1. The van der Waals surface area contributed by atoms with Crippen LogP contribution in [-0.2, 0) is 9.68 Å². The molecule has 0 radical (unpaired) electrons. The molecule has 1 aromatic carbocycles. The molecule has 1 aromatic rings. The van der Waals surface area contributed by atoms with Crippen LogP contribution in [0.1, 0.15) is 285 Å². The maximum atomic E-state index is 15.9. The van der Waals surface area contributed by atoms with Crippen molar-refractivity contribution >= 4 is 52.9 Å². The van der Waals surface area contributed by atoms with Gasteiger partial charge in [-0.25, -0.2) is 14.8 Å². The van der Waals surface area contributed by atoms with Gasteiger partial charge >= 0.3 is 18.1 Å². The van der Waals surface area contributed by atoms with E-state index < -0.39 is 23.8 Å². The molecule has 15 heteroatoms. The molecular weight excluding hydrogens is 943 g/mol. The second kappa shape index (κ2) is 31.3. The van der Waals surface area contributed by atoms with E-state index in [-0.39, 0.29) is 65.0 Å². The lowest BCUT2D eigenvalue weighted by atomic mass is 9.92. The lowest BCUT2D eigenvalue weighted by Gasteiger charge is -2.36. The first-order chi connectivity index (χ1) is 36.4. The molecule has 416 valence electrons. The van der Waals surface area contributed by atoms with Gasteiger partial charge in [-0.1, -0.05) is 147 Å². The summed E-state index contributed by atoms with van der Waals surface area (Å²) in [6, 6.07) is 3.92. The van der Waals surface area contributed by atoms with Crippen LogP contribution in [0.3, 0.4) is 0 Å². The number of imide groups is 1. The third-order valence-electron chi connectivity index (χ3n) is 16.6. The molecule has 0 atom stereocenters. The summed E-state index contributed by atoms with van der Waals surface area (Å²) in [5.41, 5.74) is 2.73. The molecule has 0 spiro atoms. The average Bonchev–Trinajstić information content (AvgIpc) is 3.45. The van der Waals surface area contributed by atoms with Crippen LogP contribution < -0.4 is 5.32 Å². The predicted molar refractivity (Wildman–Crippen MR) is 302 cm³/mol.